The molecule has 0 aromatic carbocycles. The number of hydrogen-bond acceptors (Lipinski definition) is 2. The molecule has 1 saturated carbocycles. The summed E-state index contributed by atoms with van der Waals surface area (Å²) in [6.07, 6.45) is 3.97. The molecule has 0 saturated heterocycles. The lowest BCUT2D eigenvalue weighted by Gasteiger charge is -2.40. The smallest absolute Gasteiger partial charge is 0.0931 e. The van der Waals surface area contributed by atoms with E-state index < -0.39 is 0 Å². The molecule has 0 aliphatic heterocycles. The summed E-state index contributed by atoms with van der Waals surface area (Å²) in [5, 5.41) is 3.52. The Balaban J connectivity index is 2.13. The first-order chi connectivity index (χ1) is 8.52. The van der Waals surface area contributed by atoms with Gasteiger partial charge in [0.2, 0.25) is 0 Å². The third-order valence-electron chi connectivity index (χ3n) is 4.15. The van der Waals surface area contributed by atoms with Crippen LogP contribution in [-0.4, -0.2) is 13.1 Å². The van der Waals surface area contributed by atoms with Crippen LogP contribution < -0.4 is 5.32 Å². The van der Waals surface area contributed by atoms with E-state index in [1.54, 1.807) is 11.3 Å². The molecule has 18 heavy (non-hydrogen) atoms. The van der Waals surface area contributed by atoms with E-state index in [9.17, 15) is 0 Å². The van der Waals surface area contributed by atoms with Crippen molar-refractivity contribution in [3.8, 4) is 0 Å². The molecular formula is C15H24ClNS. The molecule has 2 atom stereocenters. The summed E-state index contributed by atoms with van der Waals surface area (Å²) in [4.78, 5) is 1.48. The third-order valence-corrected chi connectivity index (χ3v) is 5.51. The highest BCUT2D eigenvalue weighted by atomic mass is 35.5. The summed E-state index contributed by atoms with van der Waals surface area (Å²) in [5.41, 5.74) is 0.476. The van der Waals surface area contributed by atoms with E-state index in [0.717, 1.165) is 23.3 Å². The first-order valence-corrected chi connectivity index (χ1v) is 8.17. The molecule has 1 heterocycles. The van der Waals surface area contributed by atoms with Gasteiger partial charge in [-0.15, -0.1) is 11.3 Å². The normalized spacial score (nSPS) is 27.3. The zero-order chi connectivity index (χ0) is 13.2. The molecule has 2 unspecified atom stereocenters. The maximum atomic E-state index is 6.11. The standard InChI is InChI=1S/C15H24ClNS/c1-4-17-10-11-7-8-15(2,3)9-12(11)13-5-6-14(16)18-13/h5-6,11-12,17H,4,7-10H2,1-3H3. The Labute approximate surface area is 120 Å². The summed E-state index contributed by atoms with van der Waals surface area (Å²) in [5.74, 6) is 1.46. The molecule has 0 spiro atoms. The summed E-state index contributed by atoms with van der Waals surface area (Å²) in [7, 11) is 0. The van der Waals surface area contributed by atoms with Crippen LogP contribution in [0.3, 0.4) is 0 Å². The Morgan fingerprint density at radius 3 is 2.83 bits per heavy atom. The summed E-state index contributed by atoms with van der Waals surface area (Å²) in [6, 6.07) is 4.28. The number of thiophene rings is 1. The Kier molecular flexibility index (Phi) is 4.74. The minimum atomic E-state index is 0.476. The lowest BCUT2D eigenvalue weighted by Crippen LogP contribution is -2.34. The van der Waals surface area contributed by atoms with Crippen molar-refractivity contribution in [2.75, 3.05) is 13.1 Å². The second kappa shape index (κ2) is 5.94. The number of rotatable bonds is 4. The van der Waals surface area contributed by atoms with E-state index in [4.69, 9.17) is 11.6 Å². The van der Waals surface area contributed by atoms with Gasteiger partial charge in [-0.05, 0) is 61.7 Å². The molecule has 1 N–H and O–H groups in total. The van der Waals surface area contributed by atoms with Crippen molar-refractivity contribution >= 4 is 22.9 Å². The lowest BCUT2D eigenvalue weighted by molar-refractivity contribution is 0.162. The van der Waals surface area contributed by atoms with Gasteiger partial charge in [-0.2, -0.15) is 0 Å². The molecular weight excluding hydrogens is 262 g/mol. The number of halogens is 1. The minimum Gasteiger partial charge on any atom is -0.317 e. The van der Waals surface area contributed by atoms with Gasteiger partial charge in [0.05, 0.1) is 4.34 Å². The van der Waals surface area contributed by atoms with Gasteiger partial charge in [0.15, 0.2) is 0 Å². The van der Waals surface area contributed by atoms with E-state index in [0.29, 0.717) is 11.3 Å². The first kappa shape index (κ1) is 14.4. The zero-order valence-electron chi connectivity index (χ0n) is 11.6. The van der Waals surface area contributed by atoms with Gasteiger partial charge in [-0.25, -0.2) is 0 Å². The fraction of sp³-hybridized carbons (Fsp3) is 0.733. The highest BCUT2D eigenvalue weighted by Crippen LogP contribution is 2.48. The fourth-order valence-corrected chi connectivity index (χ4v) is 4.33. The summed E-state index contributed by atoms with van der Waals surface area (Å²) >= 11 is 7.88. The van der Waals surface area contributed by atoms with Gasteiger partial charge in [0.1, 0.15) is 0 Å². The molecule has 102 valence electrons. The molecule has 0 radical (unpaired) electrons. The highest BCUT2D eigenvalue weighted by Gasteiger charge is 2.35. The first-order valence-electron chi connectivity index (χ1n) is 6.98. The van der Waals surface area contributed by atoms with Crippen molar-refractivity contribution in [2.24, 2.45) is 11.3 Å². The van der Waals surface area contributed by atoms with Crippen LogP contribution in [0, 0.1) is 11.3 Å². The molecule has 1 fully saturated rings. The summed E-state index contributed by atoms with van der Waals surface area (Å²) in [6.45, 7) is 9.20. The quantitative estimate of drug-likeness (QED) is 0.828. The maximum absolute atomic E-state index is 6.11. The van der Waals surface area contributed by atoms with Gasteiger partial charge in [0.25, 0.3) is 0 Å². The van der Waals surface area contributed by atoms with Crippen molar-refractivity contribution in [1.29, 1.82) is 0 Å². The predicted octanol–water partition coefficient (Wildman–Crippen LogP) is 4.92. The zero-order valence-corrected chi connectivity index (χ0v) is 13.2. The molecule has 1 aromatic heterocycles. The largest absolute Gasteiger partial charge is 0.317 e. The van der Waals surface area contributed by atoms with Crippen molar-refractivity contribution in [3.63, 3.8) is 0 Å². The van der Waals surface area contributed by atoms with Gasteiger partial charge in [0, 0.05) is 4.88 Å². The number of nitrogens with one attached hydrogen (secondary N) is 1. The third kappa shape index (κ3) is 3.49. The van der Waals surface area contributed by atoms with E-state index in [1.165, 1.54) is 24.1 Å². The maximum Gasteiger partial charge on any atom is 0.0931 e. The van der Waals surface area contributed by atoms with E-state index >= 15 is 0 Å². The van der Waals surface area contributed by atoms with Gasteiger partial charge in [-0.3, -0.25) is 0 Å². The van der Waals surface area contributed by atoms with Crippen LogP contribution in [0.2, 0.25) is 4.34 Å². The van der Waals surface area contributed by atoms with Crippen molar-refractivity contribution in [3.05, 3.63) is 21.3 Å². The van der Waals surface area contributed by atoms with Gasteiger partial charge < -0.3 is 5.32 Å². The average Bonchev–Trinajstić information content (AvgIpc) is 2.73. The Bertz CT molecular complexity index is 386. The van der Waals surface area contributed by atoms with Crippen LogP contribution in [0.15, 0.2) is 12.1 Å². The van der Waals surface area contributed by atoms with Crippen LogP contribution in [0.1, 0.15) is 50.8 Å². The fourth-order valence-electron chi connectivity index (χ4n) is 3.08. The van der Waals surface area contributed by atoms with Crippen LogP contribution in [0.5, 0.6) is 0 Å². The van der Waals surface area contributed by atoms with Crippen LogP contribution in [0.25, 0.3) is 0 Å². The monoisotopic (exact) mass is 285 g/mol. The molecule has 0 bridgehead atoms. The lowest BCUT2D eigenvalue weighted by atomic mass is 9.66. The highest BCUT2D eigenvalue weighted by molar-refractivity contribution is 7.16. The Morgan fingerprint density at radius 1 is 1.44 bits per heavy atom. The van der Waals surface area contributed by atoms with Crippen LogP contribution in [-0.2, 0) is 0 Å². The second-order valence-electron chi connectivity index (χ2n) is 6.22. The van der Waals surface area contributed by atoms with Crippen molar-refractivity contribution < 1.29 is 0 Å². The molecule has 1 aliphatic rings. The number of hydrogen-bond donors (Lipinski definition) is 1. The van der Waals surface area contributed by atoms with Gasteiger partial charge >= 0.3 is 0 Å². The molecule has 1 nitrogen and oxygen atoms in total. The van der Waals surface area contributed by atoms with E-state index in [1.807, 2.05) is 6.07 Å². The minimum absolute atomic E-state index is 0.476. The van der Waals surface area contributed by atoms with E-state index in [-0.39, 0.29) is 0 Å². The van der Waals surface area contributed by atoms with E-state index in [2.05, 4.69) is 32.2 Å². The molecule has 1 aromatic rings. The predicted molar refractivity (Wildman–Crippen MR) is 81.7 cm³/mol. The molecule has 3 heteroatoms. The topological polar surface area (TPSA) is 12.0 Å². The Morgan fingerprint density at radius 2 is 2.22 bits per heavy atom. The van der Waals surface area contributed by atoms with Crippen molar-refractivity contribution in [2.45, 2.75) is 46.0 Å². The van der Waals surface area contributed by atoms with Gasteiger partial charge in [-0.1, -0.05) is 32.4 Å². The summed E-state index contributed by atoms with van der Waals surface area (Å²) < 4.78 is 0.926. The SMILES string of the molecule is CCNCC1CCC(C)(C)CC1c1ccc(Cl)s1. The van der Waals surface area contributed by atoms with Crippen LogP contribution in [0.4, 0.5) is 0 Å². The second-order valence-corrected chi connectivity index (χ2v) is 7.97. The molecule has 0 amide bonds. The molecule has 1 aliphatic carbocycles. The average molecular weight is 286 g/mol. The molecule has 2 rings (SSSR count). The Hall–Kier alpha value is -0.0500. The van der Waals surface area contributed by atoms with Crippen molar-refractivity contribution in [1.82, 2.24) is 5.32 Å². The van der Waals surface area contributed by atoms with Crippen LogP contribution >= 0.6 is 22.9 Å².